The van der Waals surface area contributed by atoms with Gasteiger partial charge in [0.15, 0.2) is 5.11 Å². The molecule has 2 N–H and O–H groups in total. The average Bonchev–Trinajstić information content (AvgIpc) is 3.53. The first-order chi connectivity index (χ1) is 17.4. The van der Waals surface area contributed by atoms with Gasteiger partial charge in [0.05, 0.1) is 11.5 Å². The number of carbonyl (C=O) groups is 2. The molecule has 0 unspecified atom stereocenters. The lowest BCUT2D eigenvalue weighted by atomic mass is 10.1. The van der Waals surface area contributed by atoms with Gasteiger partial charge in [-0.05, 0) is 73.1 Å². The number of nitrogens with zero attached hydrogens (tertiary/aromatic N) is 3. The van der Waals surface area contributed by atoms with Gasteiger partial charge in [-0.1, -0.05) is 18.2 Å². The van der Waals surface area contributed by atoms with E-state index in [2.05, 4.69) is 10.6 Å². The molecule has 0 bridgehead atoms. The summed E-state index contributed by atoms with van der Waals surface area (Å²) >= 11 is 5.27. The van der Waals surface area contributed by atoms with Gasteiger partial charge in [-0.25, -0.2) is 0 Å². The molecule has 2 heterocycles. The summed E-state index contributed by atoms with van der Waals surface area (Å²) in [5.74, 6) is -0.584. The number of benzene rings is 3. The summed E-state index contributed by atoms with van der Waals surface area (Å²) in [4.78, 5) is 40.2. The zero-order valence-corrected chi connectivity index (χ0v) is 20.1. The minimum absolute atomic E-state index is 0.0427. The molecule has 0 aromatic heterocycles. The van der Waals surface area contributed by atoms with Gasteiger partial charge in [-0.15, -0.1) is 0 Å². The number of hydrogen-bond acceptors (Lipinski definition) is 6. The highest BCUT2D eigenvalue weighted by molar-refractivity contribution is 7.80. The Morgan fingerprint density at radius 2 is 1.72 bits per heavy atom. The van der Waals surface area contributed by atoms with Gasteiger partial charge in [0.2, 0.25) is 0 Å². The van der Waals surface area contributed by atoms with Gasteiger partial charge in [-0.3, -0.25) is 25.0 Å². The molecule has 3 aromatic carbocycles. The number of carbonyl (C=O) groups excluding carboxylic acids is 2. The Bertz CT molecular complexity index is 1370. The molecular weight excluding hydrogens is 478 g/mol. The fourth-order valence-corrected chi connectivity index (χ4v) is 4.77. The third-order valence-corrected chi connectivity index (χ3v) is 6.57. The zero-order valence-electron chi connectivity index (χ0n) is 19.3. The van der Waals surface area contributed by atoms with Gasteiger partial charge in [0.25, 0.3) is 17.5 Å². The Morgan fingerprint density at radius 3 is 2.42 bits per heavy atom. The number of hydrogen-bond donors (Lipinski definition) is 2. The second-order valence-corrected chi connectivity index (χ2v) is 9.07. The molecule has 3 aromatic rings. The lowest BCUT2D eigenvalue weighted by Crippen LogP contribution is -2.34. The van der Waals surface area contributed by atoms with E-state index in [9.17, 15) is 19.7 Å². The Balaban J connectivity index is 1.22. The summed E-state index contributed by atoms with van der Waals surface area (Å²) in [6, 6.07) is 19.1. The van der Waals surface area contributed by atoms with Crippen molar-refractivity contribution in [2.45, 2.75) is 19.4 Å². The van der Waals surface area contributed by atoms with Crippen molar-refractivity contribution in [2.24, 2.45) is 0 Å². The average molecular weight is 502 g/mol. The van der Waals surface area contributed by atoms with Crippen molar-refractivity contribution in [3.8, 4) is 0 Å². The Labute approximate surface area is 212 Å². The van der Waals surface area contributed by atoms with Crippen molar-refractivity contribution in [1.29, 1.82) is 0 Å². The molecule has 9 nitrogen and oxygen atoms in total. The normalized spacial score (nSPS) is 14.5. The number of nitro benzene ring substituents is 1. The fourth-order valence-electron chi connectivity index (χ4n) is 4.56. The van der Waals surface area contributed by atoms with Crippen LogP contribution in [0.2, 0.25) is 0 Å². The quantitative estimate of drug-likeness (QED) is 0.301. The molecule has 2 aliphatic rings. The molecule has 0 atom stereocenters. The van der Waals surface area contributed by atoms with Crippen LogP contribution in [-0.4, -0.2) is 34.9 Å². The highest BCUT2D eigenvalue weighted by Gasteiger charge is 2.28. The van der Waals surface area contributed by atoms with Crippen LogP contribution in [0.5, 0.6) is 0 Å². The van der Waals surface area contributed by atoms with Gasteiger partial charge < -0.3 is 15.1 Å². The molecule has 1 fully saturated rings. The van der Waals surface area contributed by atoms with E-state index in [0.29, 0.717) is 23.5 Å². The Morgan fingerprint density at radius 1 is 1.00 bits per heavy atom. The molecular formula is C26H23N5O4S. The highest BCUT2D eigenvalue weighted by Crippen LogP contribution is 2.32. The largest absolute Gasteiger partial charge is 0.366 e. The SMILES string of the molecule is O=C(NC(=S)Nc1ccc(N2Cc3ccccc3C2=O)cc1)c1ccc(N2CCCC2)c([N+](=O)[O-])c1. The molecule has 1 saturated heterocycles. The van der Waals surface area contributed by atoms with Crippen molar-refractivity contribution in [3.63, 3.8) is 0 Å². The van der Waals surface area contributed by atoms with Crippen LogP contribution < -0.4 is 20.4 Å². The van der Waals surface area contributed by atoms with Gasteiger partial charge in [0.1, 0.15) is 5.69 Å². The van der Waals surface area contributed by atoms with Crippen LogP contribution in [0.1, 0.15) is 39.1 Å². The van der Waals surface area contributed by atoms with E-state index in [-0.39, 0.29) is 22.3 Å². The molecule has 36 heavy (non-hydrogen) atoms. The van der Waals surface area contributed by atoms with Crippen molar-refractivity contribution < 1.29 is 14.5 Å². The molecule has 2 amide bonds. The van der Waals surface area contributed by atoms with Crippen LogP contribution >= 0.6 is 12.2 Å². The van der Waals surface area contributed by atoms with E-state index in [1.165, 1.54) is 6.07 Å². The maximum Gasteiger partial charge on any atom is 0.293 e. The minimum atomic E-state index is -0.541. The number of thiocarbonyl (C=S) groups is 1. The number of fused-ring (bicyclic) bond motifs is 1. The van der Waals surface area contributed by atoms with E-state index in [1.54, 1.807) is 41.3 Å². The van der Waals surface area contributed by atoms with Crippen LogP contribution in [0, 0.1) is 10.1 Å². The van der Waals surface area contributed by atoms with Gasteiger partial charge >= 0.3 is 0 Å². The Kier molecular flexibility index (Phi) is 6.34. The monoisotopic (exact) mass is 501 g/mol. The first-order valence-electron chi connectivity index (χ1n) is 11.6. The summed E-state index contributed by atoms with van der Waals surface area (Å²) in [6.07, 6.45) is 1.98. The van der Waals surface area contributed by atoms with Crippen molar-refractivity contribution in [1.82, 2.24) is 5.32 Å². The second-order valence-electron chi connectivity index (χ2n) is 8.66. The summed E-state index contributed by atoms with van der Waals surface area (Å²) < 4.78 is 0. The standard InChI is InChI=1S/C26H23N5O4S/c32-24(17-7-12-22(23(15-17)31(34)35)29-13-3-4-14-29)28-26(36)27-19-8-10-20(11-9-19)30-16-18-5-1-2-6-21(18)25(30)33/h1-2,5-12,15H,3-4,13-14,16H2,(H2,27,28,32,36). The number of amides is 2. The van der Waals surface area contributed by atoms with E-state index < -0.39 is 10.8 Å². The molecule has 2 aliphatic heterocycles. The summed E-state index contributed by atoms with van der Waals surface area (Å²) in [7, 11) is 0. The first-order valence-corrected chi connectivity index (χ1v) is 12.0. The fraction of sp³-hybridized carbons (Fsp3) is 0.192. The molecule has 10 heteroatoms. The lowest BCUT2D eigenvalue weighted by Gasteiger charge is -2.18. The summed E-state index contributed by atoms with van der Waals surface area (Å²) in [5, 5.41) is 17.2. The van der Waals surface area contributed by atoms with Crippen molar-refractivity contribution >= 4 is 51.9 Å². The van der Waals surface area contributed by atoms with Gasteiger partial charge in [-0.2, -0.15) is 0 Å². The summed E-state index contributed by atoms with van der Waals surface area (Å²) in [5.41, 5.74) is 3.65. The number of nitrogens with one attached hydrogen (secondary N) is 2. The number of nitro groups is 1. The predicted molar refractivity (Wildman–Crippen MR) is 142 cm³/mol. The number of anilines is 3. The molecule has 0 radical (unpaired) electrons. The minimum Gasteiger partial charge on any atom is -0.366 e. The lowest BCUT2D eigenvalue weighted by molar-refractivity contribution is -0.384. The predicted octanol–water partition coefficient (Wildman–Crippen LogP) is 4.48. The molecule has 0 saturated carbocycles. The highest BCUT2D eigenvalue weighted by atomic mass is 32.1. The third kappa shape index (κ3) is 4.63. The molecule has 5 rings (SSSR count). The van der Waals surface area contributed by atoms with Crippen molar-refractivity contribution in [2.75, 3.05) is 28.2 Å². The van der Waals surface area contributed by atoms with E-state index in [1.807, 2.05) is 29.2 Å². The van der Waals surface area contributed by atoms with Crippen LogP contribution in [0.25, 0.3) is 0 Å². The molecule has 0 spiro atoms. The maximum atomic E-state index is 12.7. The van der Waals surface area contributed by atoms with Crippen LogP contribution in [-0.2, 0) is 6.54 Å². The smallest absolute Gasteiger partial charge is 0.293 e. The zero-order chi connectivity index (χ0) is 25.2. The topological polar surface area (TPSA) is 108 Å². The second kappa shape index (κ2) is 9.74. The van der Waals surface area contributed by atoms with Crippen LogP contribution in [0.3, 0.4) is 0 Å². The summed E-state index contributed by atoms with van der Waals surface area (Å²) in [6.45, 7) is 2.04. The van der Waals surface area contributed by atoms with Crippen molar-refractivity contribution in [3.05, 3.63) is 93.5 Å². The van der Waals surface area contributed by atoms with E-state index >= 15 is 0 Å². The van der Waals surface area contributed by atoms with E-state index in [4.69, 9.17) is 12.2 Å². The molecule has 0 aliphatic carbocycles. The number of rotatable bonds is 5. The molecule has 182 valence electrons. The maximum absolute atomic E-state index is 12.7. The third-order valence-electron chi connectivity index (χ3n) is 6.37. The first kappa shape index (κ1) is 23.4. The Hall–Kier alpha value is -4.31. The van der Waals surface area contributed by atoms with Gasteiger partial charge in [0, 0.05) is 41.7 Å². The van der Waals surface area contributed by atoms with Crippen LogP contribution in [0.4, 0.5) is 22.7 Å². The van der Waals surface area contributed by atoms with Crippen LogP contribution in [0.15, 0.2) is 66.7 Å². The van der Waals surface area contributed by atoms with E-state index in [0.717, 1.165) is 37.2 Å².